The Bertz CT molecular complexity index is 626. The molecule has 5 heteroatoms. The van der Waals surface area contributed by atoms with Crippen molar-refractivity contribution in [3.05, 3.63) is 65.7 Å². The maximum absolute atomic E-state index is 12.1. The molecule has 2 aromatic carbocycles. The Labute approximate surface area is 130 Å². The second-order valence-electron chi connectivity index (χ2n) is 4.53. The predicted molar refractivity (Wildman–Crippen MR) is 84.9 cm³/mol. The van der Waals surface area contributed by atoms with Crippen LogP contribution in [0, 0.1) is 0 Å². The van der Waals surface area contributed by atoms with Crippen LogP contribution in [0.4, 0.5) is 5.69 Å². The van der Waals surface area contributed by atoms with E-state index in [1.807, 2.05) is 30.3 Å². The molecule has 0 saturated carbocycles. The molecule has 0 bridgehead atoms. The number of anilines is 1. The van der Waals surface area contributed by atoms with Gasteiger partial charge in [-0.2, -0.15) is 0 Å². The molecule has 0 aliphatic rings. The molecule has 0 aliphatic heterocycles. The van der Waals surface area contributed by atoms with Gasteiger partial charge in [-0.15, -0.1) is 0 Å². The number of carboxylic acids is 1. The Morgan fingerprint density at radius 1 is 1.05 bits per heavy atom. The van der Waals surface area contributed by atoms with Crippen molar-refractivity contribution >= 4 is 33.5 Å². The predicted octanol–water partition coefficient (Wildman–Crippen LogP) is 3.33. The molecule has 108 valence electrons. The van der Waals surface area contributed by atoms with Crippen LogP contribution in [-0.4, -0.2) is 21.8 Å². The minimum absolute atomic E-state index is 0.165. The van der Waals surface area contributed by atoms with E-state index in [4.69, 9.17) is 5.11 Å². The van der Waals surface area contributed by atoms with E-state index in [9.17, 15) is 9.59 Å². The number of carbonyl (C=O) groups excluding carboxylic acids is 1. The lowest BCUT2D eigenvalue weighted by atomic mass is 10.1. The van der Waals surface area contributed by atoms with Crippen molar-refractivity contribution in [1.29, 1.82) is 0 Å². The number of alkyl halides is 1. The minimum atomic E-state index is -0.990. The number of nitrogens with one attached hydrogen (secondary N) is 1. The molecule has 0 saturated heterocycles. The van der Waals surface area contributed by atoms with Gasteiger partial charge in [-0.05, 0) is 36.2 Å². The van der Waals surface area contributed by atoms with Crippen molar-refractivity contribution in [3.63, 3.8) is 0 Å². The average Bonchev–Trinajstić information content (AvgIpc) is 2.48. The summed E-state index contributed by atoms with van der Waals surface area (Å²) >= 11 is 3.37. The molecule has 0 aliphatic carbocycles. The van der Waals surface area contributed by atoms with E-state index in [0.717, 1.165) is 5.56 Å². The van der Waals surface area contributed by atoms with Crippen LogP contribution in [0.25, 0.3) is 0 Å². The molecule has 1 atom stereocenters. The Morgan fingerprint density at radius 3 is 2.24 bits per heavy atom. The molecule has 4 nitrogen and oxygen atoms in total. The monoisotopic (exact) mass is 347 g/mol. The first kappa shape index (κ1) is 15.3. The van der Waals surface area contributed by atoms with Gasteiger partial charge in [0.2, 0.25) is 5.91 Å². The number of aromatic carboxylic acids is 1. The van der Waals surface area contributed by atoms with E-state index in [0.29, 0.717) is 12.1 Å². The maximum atomic E-state index is 12.1. The first-order valence-corrected chi connectivity index (χ1v) is 7.30. The largest absolute Gasteiger partial charge is 0.478 e. The van der Waals surface area contributed by atoms with Crippen LogP contribution >= 0.6 is 15.9 Å². The first-order chi connectivity index (χ1) is 10.1. The maximum Gasteiger partial charge on any atom is 0.335 e. The Morgan fingerprint density at radius 2 is 1.67 bits per heavy atom. The third kappa shape index (κ3) is 4.43. The number of hydrogen-bond donors (Lipinski definition) is 2. The minimum Gasteiger partial charge on any atom is -0.478 e. The van der Waals surface area contributed by atoms with E-state index < -0.39 is 5.97 Å². The van der Waals surface area contributed by atoms with Crippen LogP contribution in [-0.2, 0) is 11.2 Å². The first-order valence-electron chi connectivity index (χ1n) is 6.38. The number of carboxylic acid groups (broad SMARTS) is 1. The average molecular weight is 348 g/mol. The molecule has 0 radical (unpaired) electrons. The lowest BCUT2D eigenvalue weighted by Crippen LogP contribution is -2.24. The summed E-state index contributed by atoms with van der Waals surface area (Å²) in [6.07, 6.45) is 0.583. The summed E-state index contributed by atoms with van der Waals surface area (Å²) < 4.78 is 0. The van der Waals surface area contributed by atoms with Gasteiger partial charge in [0, 0.05) is 5.69 Å². The lowest BCUT2D eigenvalue weighted by Gasteiger charge is -2.11. The van der Waals surface area contributed by atoms with Crippen LogP contribution in [0.15, 0.2) is 54.6 Å². The van der Waals surface area contributed by atoms with Gasteiger partial charge in [-0.1, -0.05) is 46.3 Å². The highest BCUT2D eigenvalue weighted by Gasteiger charge is 2.15. The topological polar surface area (TPSA) is 66.4 Å². The molecule has 2 rings (SSSR count). The Balaban J connectivity index is 1.95. The molecule has 1 amide bonds. The van der Waals surface area contributed by atoms with Gasteiger partial charge in [0.1, 0.15) is 0 Å². The van der Waals surface area contributed by atoms with E-state index in [1.165, 1.54) is 12.1 Å². The summed E-state index contributed by atoms with van der Waals surface area (Å²) in [6.45, 7) is 0. The summed E-state index contributed by atoms with van der Waals surface area (Å²) in [4.78, 5) is 22.5. The standard InChI is InChI=1S/C16H14BrNO3/c17-14(10-11-4-2-1-3-5-11)15(19)18-13-8-6-12(7-9-13)16(20)21/h1-9,14H,10H2,(H,18,19)(H,20,21)/t14-/m1/s1. The number of benzene rings is 2. The zero-order valence-corrected chi connectivity index (χ0v) is 12.7. The number of hydrogen-bond acceptors (Lipinski definition) is 2. The number of carbonyl (C=O) groups is 2. The van der Waals surface area contributed by atoms with Crippen molar-refractivity contribution < 1.29 is 14.7 Å². The van der Waals surface area contributed by atoms with Gasteiger partial charge >= 0.3 is 5.97 Å². The molecule has 0 spiro atoms. The molecule has 0 unspecified atom stereocenters. The molecular weight excluding hydrogens is 334 g/mol. The van der Waals surface area contributed by atoms with Crippen molar-refractivity contribution in [2.45, 2.75) is 11.2 Å². The van der Waals surface area contributed by atoms with Gasteiger partial charge < -0.3 is 10.4 Å². The van der Waals surface area contributed by atoms with Crippen LogP contribution < -0.4 is 5.32 Å². The summed E-state index contributed by atoms with van der Waals surface area (Å²) in [5.41, 5.74) is 1.82. The summed E-state index contributed by atoms with van der Waals surface area (Å²) in [5, 5.41) is 11.6. The fraction of sp³-hybridized carbons (Fsp3) is 0.125. The molecule has 2 aromatic rings. The van der Waals surface area contributed by atoms with E-state index >= 15 is 0 Å². The normalized spacial score (nSPS) is 11.7. The highest BCUT2D eigenvalue weighted by molar-refractivity contribution is 9.10. The Kier molecular flexibility index (Phi) is 5.11. The van der Waals surface area contributed by atoms with E-state index in [-0.39, 0.29) is 16.3 Å². The third-order valence-electron chi connectivity index (χ3n) is 2.94. The van der Waals surface area contributed by atoms with Crippen molar-refractivity contribution in [2.24, 2.45) is 0 Å². The van der Waals surface area contributed by atoms with Gasteiger partial charge in [0.25, 0.3) is 0 Å². The zero-order valence-electron chi connectivity index (χ0n) is 11.1. The van der Waals surface area contributed by atoms with Crippen LogP contribution in [0.1, 0.15) is 15.9 Å². The molecule has 0 heterocycles. The molecule has 2 N–H and O–H groups in total. The van der Waals surface area contributed by atoms with E-state index in [1.54, 1.807) is 12.1 Å². The van der Waals surface area contributed by atoms with Gasteiger partial charge in [-0.3, -0.25) is 4.79 Å². The zero-order chi connectivity index (χ0) is 15.2. The van der Waals surface area contributed by atoms with Crippen LogP contribution in [0.5, 0.6) is 0 Å². The van der Waals surface area contributed by atoms with Crippen molar-refractivity contribution in [1.82, 2.24) is 0 Å². The SMILES string of the molecule is O=C(O)c1ccc(NC(=O)[C@H](Br)Cc2ccccc2)cc1. The number of amides is 1. The Hall–Kier alpha value is -2.14. The fourth-order valence-electron chi connectivity index (χ4n) is 1.83. The van der Waals surface area contributed by atoms with Crippen LogP contribution in [0.3, 0.4) is 0 Å². The summed E-state index contributed by atoms with van der Waals surface area (Å²) in [6, 6.07) is 15.8. The smallest absolute Gasteiger partial charge is 0.335 e. The van der Waals surface area contributed by atoms with Gasteiger partial charge in [0.15, 0.2) is 0 Å². The van der Waals surface area contributed by atoms with Crippen molar-refractivity contribution in [2.75, 3.05) is 5.32 Å². The van der Waals surface area contributed by atoms with Crippen molar-refractivity contribution in [3.8, 4) is 0 Å². The second-order valence-corrected chi connectivity index (χ2v) is 5.63. The number of halogens is 1. The molecule has 0 aromatic heterocycles. The molecule has 0 fully saturated rings. The quantitative estimate of drug-likeness (QED) is 0.815. The van der Waals surface area contributed by atoms with Gasteiger partial charge in [0.05, 0.1) is 10.4 Å². The second kappa shape index (κ2) is 7.04. The number of rotatable bonds is 5. The van der Waals surface area contributed by atoms with Gasteiger partial charge in [-0.25, -0.2) is 4.79 Å². The van der Waals surface area contributed by atoms with Crippen LogP contribution in [0.2, 0.25) is 0 Å². The fourth-order valence-corrected chi connectivity index (χ4v) is 2.32. The highest BCUT2D eigenvalue weighted by Crippen LogP contribution is 2.14. The lowest BCUT2D eigenvalue weighted by molar-refractivity contribution is -0.115. The van der Waals surface area contributed by atoms with E-state index in [2.05, 4.69) is 21.2 Å². The summed E-state index contributed by atoms with van der Waals surface area (Å²) in [7, 11) is 0. The summed E-state index contributed by atoms with van der Waals surface area (Å²) in [5.74, 6) is -1.16. The highest BCUT2D eigenvalue weighted by atomic mass is 79.9. The molecular formula is C16H14BrNO3. The molecule has 21 heavy (non-hydrogen) atoms. The third-order valence-corrected chi connectivity index (χ3v) is 3.68.